The number of halogens is 4. The van der Waals surface area contributed by atoms with Crippen LogP contribution in [0.4, 0.5) is 13.2 Å². The van der Waals surface area contributed by atoms with Crippen LogP contribution in [0.3, 0.4) is 0 Å². The molecule has 0 atom stereocenters. The molecule has 2 nitrogen and oxygen atoms in total. The van der Waals surface area contributed by atoms with Gasteiger partial charge in [-0.25, -0.2) is 13.2 Å². The van der Waals surface area contributed by atoms with Crippen molar-refractivity contribution < 1.29 is 13.2 Å². The van der Waals surface area contributed by atoms with Gasteiger partial charge in [0.1, 0.15) is 11.6 Å². The molecule has 1 rings (SSSR count). The van der Waals surface area contributed by atoms with Gasteiger partial charge in [0, 0.05) is 5.33 Å². The Morgan fingerprint density at radius 2 is 2.21 bits per heavy atom. The monoisotopic (exact) mass is 264 g/mol. The van der Waals surface area contributed by atoms with E-state index in [1.165, 1.54) is 6.07 Å². The first kappa shape index (κ1) is 11.0. The highest BCUT2D eigenvalue weighted by Gasteiger charge is 2.21. The van der Waals surface area contributed by atoms with Gasteiger partial charge >= 0.3 is 0 Å². The summed E-state index contributed by atoms with van der Waals surface area (Å²) in [5.74, 6) is -1.02. The normalized spacial score (nSPS) is 10.3. The van der Waals surface area contributed by atoms with Crippen LogP contribution in [-0.2, 0) is 5.33 Å². The number of alkyl halides is 3. The summed E-state index contributed by atoms with van der Waals surface area (Å²) in [6.45, 7) is 0. The number of nitriles is 1. The summed E-state index contributed by atoms with van der Waals surface area (Å²) in [6, 6.07) is 1.40. The van der Waals surface area contributed by atoms with Crippen LogP contribution in [0.15, 0.2) is 6.20 Å². The molecule has 0 saturated carbocycles. The van der Waals surface area contributed by atoms with E-state index in [-0.39, 0.29) is 11.0 Å². The van der Waals surface area contributed by atoms with E-state index in [9.17, 15) is 13.2 Å². The molecule has 0 unspecified atom stereocenters. The molecule has 0 aliphatic heterocycles. The molecule has 6 heteroatoms. The van der Waals surface area contributed by atoms with Crippen molar-refractivity contribution >= 4 is 15.9 Å². The zero-order valence-corrected chi connectivity index (χ0v) is 8.35. The second-order valence-electron chi connectivity index (χ2n) is 2.39. The van der Waals surface area contributed by atoms with Gasteiger partial charge in [-0.3, -0.25) is 4.98 Å². The Balaban J connectivity index is 3.46. The smallest absolute Gasteiger partial charge is 0.257 e. The summed E-state index contributed by atoms with van der Waals surface area (Å²) in [4.78, 5) is 3.47. The second-order valence-corrected chi connectivity index (χ2v) is 2.95. The van der Waals surface area contributed by atoms with Gasteiger partial charge in [-0.05, 0) is 0 Å². The molecule has 0 aliphatic carbocycles. The summed E-state index contributed by atoms with van der Waals surface area (Å²) in [5.41, 5.74) is -1.29. The molecule has 0 radical (unpaired) electrons. The maximum absolute atomic E-state index is 12.9. The summed E-state index contributed by atoms with van der Waals surface area (Å²) >= 11 is 2.94. The average molecular weight is 265 g/mol. The molecule has 1 heterocycles. The topological polar surface area (TPSA) is 36.7 Å². The van der Waals surface area contributed by atoms with Crippen molar-refractivity contribution in [1.82, 2.24) is 4.98 Å². The number of aromatic nitrogens is 1. The third-order valence-electron chi connectivity index (χ3n) is 1.61. The lowest BCUT2D eigenvalue weighted by molar-refractivity contribution is 0.149. The highest BCUT2D eigenvalue weighted by atomic mass is 79.9. The van der Waals surface area contributed by atoms with E-state index in [0.717, 1.165) is 6.20 Å². The van der Waals surface area contributed by atoms with Crippen LogP contribution >= 0.6 is 15.9 Å². The standard InChI is InChI=1S/C8H4BrF3N2/c9-1-6-7(8(11)12)4(2-13)5(10)3-14-6/h3,8H,1H2. The maximum Gasteiger partial charge on any atom is 0.267 e. The molecule has 0 saturated heterocycles. The summed E-state index contributed by atoms with van der Waals surface area (Å²) in [5, 5.41) is 8.56. The molecule has 1 aromatic heterocycles. The lowest BCUT2D eigenvalue weighted by Crippen LogP contribution is -2.02. The number of hydrogen-bond acceptors (Lipinski definition) is 2. The van der Waals surface area contributed by atoms with Crippen molar-refractivity contribution in [3.8, 4) is 6.07 Å². The van der Waals surface area contributed by atoms with Crippen LogP contribution in [0.5, 0.6) is 0 Å². The molecular weight excluding hydrogens is 261 g/mol. The van der Waals surface area contributed by atoms with E-state index in [1.807, 2.05) is 0 Å². The lowest BCUT2D eigenvalue weighted by atomic mass is 10.1. The van der Waals surface area contributed by atoms with Crippen LogP contribution < -0.4 is 0 Å². The fourth-order valence-electron chi connectivity index (χ4n) is 0.997. The van der Waals surface area contributed by atoms with Gasteiger partial charge in [-0.15, -0.1) is 0 Å². The second kappa shape index (κ2) is 4.42. The minimum absolute atomic E-state index is 0.0158. The number of pyridine rings is 1. The summed E-state index contributed by atoms with van der Waals surface area (Å²) < 4.78 is 37.8. The molecule has 1 aromatic rings. The van der Waals surface area contributed by atoms with Crippen LogP contribution in [0.1, 0.15) is 23.2 Å². The van der Waals surface area contributed by atoms with Gasteiger partial charge in [0.2, 0.25) is 0 Å². The number of rotatable bonds is 2. The van der Waals surface area contributed by atoms with Gasteiger partial charge in [0.25, 0.3) is 6.43 Å². The molecule has 0 bridgehead atoms. The van der Waals surface area contributed by atoms with Crippen molar-refractivity contribution in [2.24, 2.45) is 0 Å². The van der Waals surface area contributed by atoms with E-state index < -0.39 is 23.4 Å². The first-order chi connectivity index (χ1) is 6.61. The Bertz CT molecular complexity index is 387. The average Bonchev–Trinajstić information content (AvgIpc) is 2.17. The van der Waals surface area contributed by atoms with Gasteiger partial charge in [0.15, 0.2) is 5.82 Å². The van der Waals surface area contributed by atoms with E-state index in [4.69, 9.17) is 5.26 Å². The van der Waals surface area contributed by atoms with Crippen molar-refractivity contribution in [1.29, 1.82) is 5.26 Å². The van der Waals surface area contributed by atoms with E-state index >= 15 is 0 Å². The predicted octanol–water partition coefficient (Wildman–Crippen LogP) is 2.92. The number of nitrogens with zero attached hydrogens (tertiary/aromatic N) is 2. The minimum Gasteiger partial charge on any atom is -0.257 e. The minimum atomic E-state index is -2.90. The zero-order chi connectivity index (χ0) is 10.7. The van der Waals surface area contributed by atoms with E-state index in [2.05, 4.69) is 20.9 Å². The largest absolute Gasteiger partial charge is 0.267 e. The quantitative estimate of drug-likeness (QED) is 0.771. The molecule has 0 N–H and O–H groups in total. The van der Waals surface area contributed by atoms with Crippen molar-refractivity contribution in [2.45, 2.75) is 11.8 Å². The van der Waals surface area contributed by atoms with Crippen LogP contribution in [0.2, 0.25) is 0 Å². The molecule has 0 aromatic carbocycles. The molecule has 0 fully saturated rings. The third kappa shape index (κ3) is 1.87. The number of hydrogen-bond donors (Lipinski definition) is 0. The molecule has 0 aliphatic rings. The van der Waals surface area contributed by atoms with Crippen LogP contribution in [-0.4, -0.2) is 4.98 Å². The Labute approximate surface area is 86.5 Å². The summed E-state index contributed by atoms with van der Waals surface area (Å²) in [7, 11) is 0. The molecular formula is C8H4BrF3N2. The van der Waals surface area contributed by atoms with Gasteiger partial charge in [0.05, 0.1) is 17.5 Å². The first-order valence-electron chi connectivity index (χ1n) is 3.53. The van der Waals surface area contributed by atoms with Crippen LogP contribution in [0.25, 0.3) is 0 Å². The third-order valence-corrected chi connectivity index (χ3v) is 2.14. The van der Waals surface area contributed by atoms with Gasteiger partial charge in [-0.2, -0.15) is 5.26 Å². The SMILES string of the molecule is N#Cc1c(F)cnc(CBr)c1C(F)F. The Morgan fingerprint density at radius 3 is 2.64 bits per heavy atom. The fraction of sp³-hybridized carbons (Fsp3) is 0.250. The van der Waals surface area contributed by atoms with Crippen molar-refractivity contribution in [2.75, 3.05) is 0 Å². The Morgan fingerprint density at radius 1 is 1.57 bits per heavy atom. The predicted molar refractivity (Wildman–Crippen MR) is 46.5 cm³/mol. The molecule has 74 valence electrons. The van der Waals surface area contributed by atoms with E-state index in [1.54, 1.807) is 0 Å². The summed E-state index contributed by atoms with van der Waals surface area (Å²) in [6.07, 6.45) is -2.14. The fourth-order valence-corrected chi connectivity index (χ4v) is 1.44. The highest BCUT2D eigenvalue weighted by molar-refractivity contribution is 9.08. The molecule has 0 spiro atoms. The van der Waals surface area contributed by atoms with E-state index in [0.29, 0.717) is 0 Å². The molecule has 14 heavy (non-hydrogen) atoms. The Hall–Kier alpha value is -1.09. The Kier molecular flexibility index (Phi) is 3.47. The van der Waals surface area contributed by atoms with Gasteiger partial charge in [-0.1, -0.05) is 15.9 Å². The highest BCUT2D eigenvalue weighted by Crippen LogP contribution is 2.27. The van der Waals surface area contributed by atoms with Crippen molar-refractivity contribution in [3.63, 3.8) is 0 Å². The van der Waals surface area contributed by atoms with Crippen molar-refractivity contribution in [3.05, 3.63) is 28.8 Å². The van der Waals surface area contributed by atoms with Gasteiger partial charge < -0.3 is 0 Å². The first-order valence-corrected chi connectivity index (χ1v) is 4.65. The molecule has 0 amide bonds. The maximum atomic E-state index is 12.9. The lowest BCUT2D eigenvalue weighted by Gasteiger charge is -2.07. The van der Waals surface area contributed by atoms with Crippen LogP contribution in [0, 0.1) is 17.1 Å². The zero-order valence-electron chi connectivity index (χ0n) is 6.77.